The summed E-state index contributed by atoms with van der Waals surface area (Å²) in [6.07, 6.45) is 7.16. The standard InChI is InChI=1S/C13H23N3O/c1-3-11-12(15-16(2)13(11)14)8-7-10-6-4-5-9-17-10/h10H,3-9,14H2,1-2H3. The second-order valence-corrected chi connectivity index (χ2v) is 4.81. The van der Waals surface area contributed by atoms with Crippen LogP contribution in [0.15, 0.2) is 0 Å². The Kier molecular flexibility index (Phi) is 4.05. The first kappa shape index (κ1) is 12.4. The lowest BCUT2D eigenvalue weighted by Gasteiger charge is -2.22. The predicted octanol–water partition coefficient (Wildman–Crippen LogP) is 2.07. The normalized spacial score (nSPS) is 20.7. The Morgan fingerprint density at radius 3 is 2.94 bits per heavy atom. The maximum absolute atomic E-state index is 5.99. The van der Waals surface area contributed by atoms with E-state index in [9.17, 15) is 0 Å². The summed E-state index contributed by atoms with van der Waals surface area (Å²) in [7, 11) is 1.91. The molecule has 17 heavy (non-hydrogen) atoms. The van der Waals surface area contributed by atoms with Crippen LogP contribution in [0.5, 0.6) is 0 Å². The Morgan fingerprint density at radius 1 is 1.47 bits per heavy atom. The van der Waals surface area contributed by atoms with Crippen LogP contribution in [0.1, 0.15) is 43.9 Å². The molecule has 1 atom stereocenters. The van der Waals surface area contributed by atoms with Gasteiger partial charge in [0.25, 0.3) is 0 Å². The number of hydrogen-bond acceptors (Lipinski definition) is 3. The van der Waals surface area contributed by atoms with Crippen molar-refractivity contribution in [1.29, 1.82) is 0 Å². The van der Waals surface area contributed by atoms with Gasteiger partial charge in [-0.05, 0) is 38.5 Å². The van der Waals surface area contributed by atoms with Crippen LogP contribution in [0.4, 0.5) is 5.82 Å². The smallest absolute Gasteiger partial charge is 0.124 e. The number of aromatic nitrogens is 2. The molecule has 96 valence electrons. The average Bonchev–Trinajstić information content (AvgIpc) is 2.63. The van der Waals surface area contributed by atoms with E-state index in [1.165, 1.54) is 24.8 Å². The van der Waals surface area contributed by atoms with Gasteiger partial charge in [-0.1, -0.05) is 6.92 Å². The molecule has 0 aromatic carbocycles. The van der Waals surface area contributed by atoms with Gasteiger partial charge in [0.05, 0.1) is 11.8 Å². The summed E-state index contributed by atoms with van der Waals surface area (Å²) in [5.41, 5.74) is 8.36. The molecule has 0 bridgehead atoms. The van der Waals surface area contributed by atoms with Gasteiger partial charge in [0.1, 0.15) is 5.82 Å². The van der Waals surface area contributed by atoms with Crippen molar-refractivity contribution >= 4 is 5.82 Å². The van der Waals surface area contributed by atoms with Crippen molar-refractivity contribution in [3.05, 3.63) is 11.3 Å². The molecule has 0 amide bonds. The first-order chi connectivity index (χ1) is 8.22. The minimum Gasteiger partial charge on any atom is -0.384 e. The zero-order chi connectivity index (χ0) is 12.3. The topological polar surface area (TPSA) is 53.1 Å². The maximum atomic E-state index is 5.99. The van der Waals surface area contributed by atoms with Gasteiger partial charge in [0.2, 0.25) is 0 Å². The molecule has 4 heteroatoms. The summed E-state index contributed by atoms with van der Waals surface area (Å²) in [4.78, 5) is 0. The molecule has 2 rings (SSSR count). The molecule has 0 aliphatic carbocycles. The first-order valence-corrected chi connectivity index (χ1v) is 6.64. The molecule has 4 nitrogen and oxygen atoms in total. The van der Waals surface area contributed by atoms with Gasteiger partial charge in [-0.15, -0.1) is 0 Å². The van der Waals surface area contributed by atoms with E-state index in [-0.39, 0.29) is 0 Å². The van der Waals surface area contributed by atoms with Crippen molar-refractivity contribution in [3.63, 3.8) is 0 Å². The number of anilines is 1. The van der Waals surface area contributed by atoms with Gasteiger partial charge in [-0.3, -0.25) is 4.68 Å². The molecule has 1 saturated heterocycles. The Morgan fingerprint density at radius 2 is 2.29 bits per heavy atom. The van der Waals surface area contributed by atoms with E-state index >= 15 is 0 Å². The fraction of sp³-hybridized carbons (Fsp3) is 0.769. The first-order valence-electron chi connectivity index (χ1n) is 6.64. The van der Waals surface area contributed by atoms with Crippen molar-refractivity contribution in [2.45, 2.75) is 51.6 Å². The third-order valence-electron chi connectivity index (χ3n) is 3.61. The highest BCUT2D eigenvalue weighted by Gasteiger charge is 2.17. The quantitative estimate of drug-likeness (QED) is 0.872. The Bertz CT molecular complexity index is 367. The summed E-state index contributed by atoms with van der Waals surface area (Å²) in [5.74, 6) is 0.812. The van der Waals surface area contributed by atoms with Crippen LogP contribution in [-0.4, -0.2) is 22.5 Å². The number of nitrogens with zero attached hydrogens (tertiary/aromatic N) is 2. The molecule has 0 saturated carbocycles. The van der Waals surface area contributed by atoms with Gasteiger partial charge in [0, 0.05) is 19.2 Å². The summed E-state index contributed by atoms with van der Waals surface area (Å²) < 4.78 is 7.53. The zero-order valence-corrected chi connectivity index (χ0v) is 10.9. The van der Waals surface area contributed by atoms with Crippen LogP contribution in [0.3, 0.4) is 0 Å². The molecular weight excluding hydrogens is 214 g/mol. The summed E-state index contributed by atoms with van der Waals surface area (Å²) in [6, 6.07) is 0. The van der Waals surface area contributed by atoms with E-state index in [0.29, 0.717) is 6.10 Å². The highest BCUT2D eigenvalue weighted by atomic mass is 16.5. The Balaban J connectivity index is 1.96. The van der Waals surface area contributed by atoms with E-state index in [1.54, 1.807) is 4.68 Å². The van der Waals surface area contributed by atoms with Crippen molar-refractivity contribution in [3.8, 4) is 0 Å². The van der Waals surface area contributed by atoms with Gasteiger partial charge < -0.3 is 10.5 Å². The largest absolute Gasteiger partial charge is 0.384 e. The molecule has 2 N–H and O–H groups in total. The van der Waals surface area contributed by atoms with Gasteiger partial charge in [0.15, 0.2) is 0 Å². The zero-order valence-electron chi connectivity index (χ0n) is 10.9. The number of hydrogen-bond donors (Lipinski definition) is 1. The maximum Gasteiger partial charge on any atom is 0.124 e. The molecular formula is C13H23N3O. The number of nitrogen functional groups attached to an aromatic ring is 1. The molecule has 0 spiro atoms. The van der Waals surface area contributed by atoms with E-state index in [4.69, 9.17) is 10.5 Å². The molecule has 2 heterocycles. The predicted molar refractivity (Wildman–Crippen MR) is 68.9 cm³/mol. The van der Waals surface area contributed by atoms with Crippen LogP contribution in [0.2, 0.25) is 0 Å². The average molecular weight is 237 g/mol. The molecule has 1 aromatic heterocycles. The molecule has 1 unspecified atom stereocenters. The van der Waals surface area contributed by atoms with Crippen LogP contribution in [0.25, 0.3) is 0 Å². The number of rotatable bonds is 4. The minimum absolute atomic E-state index is 0.427. The Labute approximate surface area is 103 Å². The van der Waals surface area contributed by atoms with E-state index in [0.717, 1.165) is 37.4 Å². The van der Waals surface area contributed by atoms with Crippen LogP contribution < -0.4 is 5.73 Å². The fourth-order valence-electron chi connectivity index (χ4n) is 2.56. The number of ether oxygens (including phenoxy) is 1. The molecule has 1 aliphatic rings. The van der Waals surface area contributed by atoms with Crippen molar-refractivity contribution in [2.24, 2.45) is 7.05 Å². The Hall–Kier alpha value is -1.03. The fourth-order valence-corrected chi connectivity index (χ4v) is 2.56. The van der Waals surface area contributed by atoms with Crippen LogP contribution in [-0.2, 0) is 24.6 Å². The lowest BCUT2D eigenvalue weighted by atomic mass is 10.0. The third kappa shape index (κ3) is 2.80. The lowest BCUT2D eigenvalue weighted by Crippen LogP contribution is -2.19. The molecule has 1 aliphatic heterocycles. The van der Waals surface area contributed by atoms with E-state index in [2.05, 4.69) is 12.0 Å². The third-order valence-corrected chi connectivity index (χ3v) is 3.61. The van der Waals surface area contributed by atoms with Gasteiger partial charge >= 0.3 is 0 Å². The molecule has 1 aromatic rings. The monoisotopic (exact) mass is 237 g/mol. The number of aryl methyl sites for hydroxylation is 2. The second-order valence-electron chi connectivity index (χ2n) is 4.81. The SMILES string of the molecule is CCc1c(CCC2CCCCO2)nn(C)c1N. The highest BCUT2D eigenvalue weighted by molar-refractivity contribution is 5.43. The van der Waals surface area contributed by atoms with Crippen molar-refractivity contribution in [1.82, 2.24) is 9.78 Å². The summed E-state index contributed by atoms with van der Waals surface area (Å²) in [5, 5.41) is 4.50. The van der Waals surface area contributed by atoms with Crippen molar-refractivity contribution < 1.29 is 4.74 Å². The second kappa shape index (κ2) is 5.54. The summed E-state index contributed by atoms with van der Waals surface area (Å²) >= 11 is 0. The van der Waals surface area contributed by atoms with Crippen molar-refractivity contribution in [2.75, 3.05) is 12.3 Å². The molecule has 0 radical (unpaired) electrons. The lowest BCUT2D eigenvalue weighted by molar-refractivity contribution is 0.0113. The minimum atomic E-state index is 0.427. The number of nitrogens with two attached hydrogens (primary N) is 1. The molecule has 1 fully saturated rings. The summed E-state index contributed by atoms with van der Waals surface area (Å²) in [6.45, 7) is 3.06. The van der Waals surface area contributed by atoms with E-state index < -0.39 is 0 Å². The highest BCUT2D eigenvalue weighted by Crippen LogP contribution is 2.21. The van der Waals surface area contributed by atoms with Gasteiger partial charge in [-0.25, -0.2) is 0 Å². The van der Waals surface area contributed by atoms with Crippen LogP contribution in [0, 0.1) is 0 Å². The van der Waals surface area contributed by atoms with Gasteiger partial charge in [-0.2, -0.15) is 5.10 Å². The van der Waals surface area contributed by atoms with Crippen LogP contribution >= 0.6 is 0 Å². The van der Waals surface area contributed by atoms with E-state index in [1.807, 2.05) is 7.05 Å².